The van der Waals surface area contributed by atoms with E-state index in [0.29, 0.717) is 23.7 Å². The summed E-state index contributed by atoms with van der Waals surface area (Å²) in [6.07, 6.45) is 2.53. The van der Waals surface area contributed by atoms with Gasteiger partial charge in [-0.2, -0.15) is 0 Å². The number of halogens is 2. The van der Waals surface area contributed by atoms with E-state index < -0.39 is 16.1 Å². The zero-order valence-electron chi connectivity index (χ0n) is 21.7. The molecule has 0 heterocycles. The van der Waals surface area contributed by atoms with Crippen LogP contribution in [0.2, 0.25) is 10.0 Å². The quantitative estimate of drug-likeness (QED) is 0.348. The van der Waals surface area contributed by atoms with Crippen molar-refractivity contribution in [3.05, 3.63) is 58.1 Å². The molecule has 8 nitrogen and oxygen atoms in total. The topological polar surface area (TPSA) is 96.0 Å². The number of carbonyl (C=O) groups excluding carboxylic acids is 2. The van der Waals surface area contributed by atoms with Crippen molar-refractivity contribution in [2.24, 2.45) is 0 Å². The number of amides is 2. The van der Waals surface area contributed by atoms with Crippen molar-refractivity contribution in [2.75, 3.05) is 30.8 Å². The summed E-state index contributed by atoms with van der Waals surface area (Å²) in [5, 5.41) is 3.46. The van der Waals surface area contributed by atoms with Crippen molar-refractivity contribution >= 4 is 50.7 Å². The molecule has 0 spiro atoms. The van der Waals surface area contributed by atoms with Gasteiger partial charge in [-0.1, -0.05) is 49.2 Å². The molecule has 1 N–H and O–H groups in total. The molecule has 0 aliphatic carbocycles. The van der Waals surface area contributed by atoms with Crippen LogP contribution in [-0.4, -0.2) is 57.6 Å². The maximum Gasteiger partial charge on any atom is 0.242 e. The van der Waals surface area contributed by atoms with E-state index in [0.717, 1.165) is 22.5 Å². The fourth-order valence-electron chi connectivity index (χ4n) is 3.91. The normalized spacial score (nSPS) is 12.1. The second-order valence-corrected chi connectivity index (χ2v) is 11.4. The minimum absolute atomic E-state index is 0.0243. The van der Waals surface area contributed by atoms with Crippen LogP contribution in [-0.2, 0) is 26.2 Å². The summed E-state index contributed by atoms with van der Waals surface area (Å²) in [6.45, 7) is 4.56. The number of nitrogens with one attached hydrogen (secondary N) is 1. The van der Waals surface area contributed by atoms with Gasteiger partial charge in [-0.25, -0.2) is 8.42 Å². The predicted molar refractivity (Wildman–Crippen MR) is 149 cm³/mol. The van der Waals surface area contributed by atoms with Gasteiger partial charge >= 0.3 is 0 Å². The van der Waals surface area contributed by atoms with Crippen LogP contribution in [0, 0.1) is 0 Å². The van der Waals surface area contributed by atoms with Crippen molar-refractivity contribution < 1.29 is 22.7 Å². The lowest BCUT2D eigenvalue weighted by Gasteiger charge is -2.31. The number of methoxy groups -OCH3 is 1. The third-order valence-electron chi connectivity index (χ3n) is 5.75. The highest BCUT2D eigenvalue weighted by atomic mass is 35.5. The molecule has 0 aliphatic rings. The minimum atomic E-state index is -3.69. The summed E-state index contributed by atoms with van der Waals surface area (Å²) < 4.78 is 31.5. The maximum absolute atomic E-state index is 13.5. The minimum Gasteiger partial charge on any atom is -0.497 e. The zero-order valence-corrected chi connectivity index (χ0v) is 24.0. The lowest BCUT2D eigenvalue weighted by molar-refractivity contribution is -0.141. The molecule has 0 aliphatic heterocycles. The second-order valence-electron chi connectivity index (χ2n) is 8.62. The first-order valence-electron chi connectivity index (χ1n) is 12.1. The molecule has 0 bridgehead atoms. The van der Waals surface area contributed by atoms with Crippen LogP contribution in [0.15, 0.2) is 42.5 Å². The Morgan fingerprint density at radius 2 is 1.84 bits per heavy atom. The summed E-state index contributed by atoms with van der Waals surface area (Å²) >= 11 is 12.3. The number of sulfonamides is 1. The van der Waals surface area contributed by atoms with Gasteiger partial charge in [-0.15, -0.1) is 0 Å². The molecule has 2 rings (SSSR count). The largest absolute Gasteiger partial charge is 0.497 e. The van der Waals surface area contributed by atoms with E-state index >= 15 is 0 Å². The molecule has 0 saturated heterocycles. The first-order chi connectivity index (χ1) is 17.5. The van der Waals surface area contributed by atoms with Gasteiger partial charge in [0.15, 0.2) is 0 Å². The lowest BCUT2D eigenvalue weighted by Crippen LogP contribution is -2.49. The number of nitrogens with zero attached hydrogens (tertiary/aromatic N) is 2. The van der Waals surface area contributed by atoms with Crippen LogP contribution in [0.5, 0.6) is 5.75 Å². The Morgan fingerprint density at radius 1 is 1.11 bits per heavy atom. The van der Waals surface area contributed by atoms with Gasteiger partial charge < -0.3 is 15.0 Å². The van der Waals surface area contributed by atoms with Gasteiger partial charge in [0, 0.05) is 31.1 Å². The van der Waals surface area contributed by atoms with Crippen LogP contribution in [0.1, 0.15) is 45.1 Å². The monoisotopic (exact) mass is 571 g/mol. The van der Waals surface area contributed by atoms with Crippen molar-refractivity contribution in [3.63, 3.8) is 0 Å². The molecule has 2 aromatic rings. The summed E-state index contributed by atoms with van der Waals surface area (Å²) in [6, 6.07) is 11.2. The molecule has 2 amide bonds. The van der Waals surface area contributed by atoms with Gasteiger partial charge in [-0.3, -0.25) is 13.9 Å². The summed E-state index contributed by atoms with van der Waals surface area (Å²) in [4.78, 5) is 27.9. The number of ether oxygens (including phenoxy) is 1. The van der Waals surface area contributed by atoms with Crippen LogP contribution >= 0.6 is 23.2 Å². The molecule has 0 aromatic heterocycles. The number of anilines is 1. The van der Waals surface area contributed by atoms with Crippen molar-refractivity contribution in [3.8, 4) is 5.75 Å². The molecule has 2 aromatic carbocycles. The molecule has 11 heteroatoms. The van der Waals surface area contributed by atoms with E-state index in [-0.39, 0.29) is 48.5 Å². The Morgan fingerprint density at radius 3 is 2.46 bits per heavy atom. The summed E-state index contributed by atoms with van der Waals surface area (Å²) in [7, 11) is -2.12. The van der Waals surface area contributed by atoms with Gasteiger partial charge in [0.05, 0.1) is 24.1 Å². The van der Waals surface area contributed by atoms with Crippen LogP contribution < -0.4 is 14.4 Å². The first-order valence-corrected chi connectivity index (χ1v) is 14.7. The molecule has 204 valence electrons. The third kappa shape index (κ3) is 9.09. The summed E-state index contributed by atoms with van der Waals surface area (Å²) in [5.74, 6) is 0.173. The molecule has 0 unspecified atom stereocenters. The van der Waals surface area contributed by atoms with E-state index in [9.17, 15) is 18.0 Å². The third-order valence-corrected chi connectivity index (χ3v) is 7.49. The van der Waals surface area contributed by atoms with E-state index in [1.54, 1.807) is 18.1 Å². The van der Waals surface area contributed by atoms with Crippen LogP contribution in [0.4, 0.5) is 5.69 Å². The molecule has 0 saturated carbocycles. The molecule has 37 heavy (non-hydrogen) atoms. The highest BCUT2D eigenvalue weighted by molar-refractivity contribution is 7.92. The van der Waals surface area contributed by atoms with E-state index in [4.69, 9.17) is 27.9 Å². The number of rotatable bonds is 14. The zero-order chi connectivity index (χ0) is 27.6. The molecular formula is C26H35Cl2N3O5S. The van der Waals surface area contributed by atoms with Crippen molar-refractivity contribution in [1.82, 2.24) is 10.2 Å². The highest BCUT2D eigenvalue weighted by Crippen LogP contribution is 2.31. The van der Waals surface area contributed by atoms with Gasteiger partial charge in [0.2, 0.25) is 21.8 Å². The Balaban J connectivity index is 2.26. The molecule has 0 fully saturated rings. The van der Waals surface area contributed by atoms with E-state index in [1.165, 1.54) is 12.1 Å². The Labute approximate surface area is 229 Å². The Bertz CT molecular complexity index is 1180. The summed E-state index contributed by atoms with van der Waals surface area (Å²) in [5.41, 5.74) is 1.07. The fourth-order valence-corrected chi connectivity index (χ4v) is 5.32. The van der Waals surface area contributed by atoms with Gasteiger partial charge in [0.1, 0.15) is 11.8 Å². The maximum atomic E-state index is 13.5. The second kappa shape index (κ2) is 14.4. The smallest absolute Gasteiger partial charge is 0.242 e. The van der Waals surface area contributed by atoms with Gasteiger partial charge in [-0.05, 0) is 55.2 Å². The number of benzene rings is 2. The molecular weight excluding hydrogens is 537 g/mol. The number of carbonyl (C=O) groups is 2. The number of hydrogen-bond donors (Lipinski definition) is 1. The Hall–Kier alpha value is -2.49. The van der Waals surface area contributed by atoms with Gasteiger partial charge in [0.25, 0.3) is 0 Å². The molecule has 0 radical (unpaired) electrons. The lowest BCUT2D eigenvalue weighted by atomic mass is 10.1. The fraction of sp³-hybridized carbons (Fsp3) is 0.462. The SMILES string of the molecule is CCCNC(=O)[C@@H](CC)N(Cc1cccc(OC)c1)C(=O)CCCN(c1cc(Cl)ccc1Cl)S(C)(=O)=O. The number of hydrogen-bond acceptors (Lipinski definition) is 5. The Kier molecular flexibility index (Phi) is 12.0. The van der Waals surface area contributed by atoms with E-state index in [2.05, 4.69) is 5.32 Å². The van der Waals surface area contributed by atoms with Crippen molar-refractivity contribution in [2.45, 2.75) is 52.1 Å². The standard InChI is InChI=1S/C26H35Cl2N3O5S/c1-5-14-29-26(33)23(6-2)30(18-19-9-7-10-21(16-19)36-3)25(32)11-8-15-31(37(4,34)35)24-17-20(27)12-13-22(24)28/h7,9-10,12-13,16-17,23H,5-6,8,11,14-15,18H2,1-4H3,(H,29,33)/t23-/m1/s1. The average Bonchev–Trinajstić information content (AvgIpc) is 2.86. The predicted octanol–water partition coefficient (Wildman–Crippen LogP) is 4.88. The first kappa shape index (κ1) is 30.7. The van der Waals surface area contributed by atoms with E-state index in [1.807, 2.05) is 38.1 Å². The van der Waals surface area contributed by atoms with Crippen molar-refractivity contribution in [1.29, 1.82) is 0 Å². The van der Waals surface area contributed by atoms with Crippen LogP contribution in [0.3, 0.4) is 0 Å². The highest BCUT2D eigenvalue weighted by Gasteiger charge is 2.29. The molecule has 1 atom stereocenters. The average molecular weight is 573 g/mol. The van der Waals surface area contributed by atoms with Crippen LogP contribution in [0.25, 0.3) is 0 Å².